The van der Waals surface area contributed by atoms with E-state index in [0.717, 1.165) is 19.4 Å². The maximum Gasteiger partial charge on any atom is 0.443 e. The van der Waals surface area contributed by atoms with E-state index in [9.17, 15) is 22.9 Å². The van der Waals surface area contributed by atoms with E-state index in [4.69, 9.17) is 14.2 Å². The van der Waals surface area contributed by atoms with Crippen LogP contribution < -0.4 is 19.7 Å². The van der Waals surface area contributed by atoms with Crippen LogP contribution in [0.15, 0.2) is 30.5 Å². The number of nitrogens with one attached hydrogen (secondary N) is 1. The molecule has 2 aromatic carbocycles. The molecule has 2 amide bonds. The van der Waals surface area contributed by atoms with Gasteiger partial charge in [0.1, 0.15) is 47.5 Å². The van der Waals surface area contributed by atoms with E-state index >= 15 is 13.2 Å². The minimum Gasteiger partial charge on any atom is -0.461 e. The molecule has 3 fully saturated rings. The van der Waals surface area contributed by atoms with Crippen molar-refractivity contribution in [1.29, 1.82) is 0 Å². The average Bonchev–Trinajstić information content (AvgIpc) is 3.70. The summed E-state index contributed by atoms with van der Waals surface area (Å²) in [6.45, 7) is 2.24. The third-order valence-corrected chi connectivity index (χ3v) is 11.4. The zero-order valence-electron chi connectivity index (χ0n) is 32.4. The molecule has 1 unspecified atom stereocenters. The van der Waals surface area contributed by atoms with Crippen molar-refractivity contribution in [1.82, 2.24) is 30.3 Å². The standard InChI is InChI=1S/C40H43F6N7O6.H2/c1-22(41)56-12-10-53(46)38(55)59-26-13-23-6-7-30(44)27-5-3-11-57-37(54)50-39(2)15-24(42)18-51(20-39)35-29-17-47-33(28(14-26)31(23)27)32(45)34(29)48-36(49-35)58-21-40-8-4-9-52(40)19-25(43)16-40;/h6-7,13-14,17,22,24-25H,3-5,8-12,15-16,18-21H2,1-2H3,(H,50,54);1H/t22?,24-,25-,39-,40+;/m1./s1. The van der Waals surface area contributed by atoms with Gasteiger partial charge in [0.25, 0.3) is 0 Å². The molecule has 19 heteroatoms. The van der Waals surface area contributed by atoms with E-state index in [1.807, 2.05) is 4.90 Å². The molecule has 2 aromatic heterocycles. The quantitative estimate of drug-likeness (QED) is 0.142. The van der Waals surface area contributed by atoms with Gasteiger partial charge in [-0.25, -0.2) is 31.5 Å². The molecule has 59 heavy (non-hydrogen) atoms. The molecule has 5 atom stereocenters. The Balaban J connectivity index is 0.00000544. The summed E-state index contributed by atoms with van der Waals surface area (Å²) in [5.41, 5.74) is -2.40. The fourth-order valence-corrected chi connectivity index (χ4v) is 8.97. The first-order chi connectivity index (χ1) is 28.2. The summed E-state index contributed by atoms with van der Waals surface area (Å²) in [4.78, 5) is 43.1. The molecule has 5 aliphatic rings. The van der Waals surface area contributed by atoms with E-state index in [1.54, 1.807) is 11.8 Å². The minimum atomic E-state index is -1.70. The second-order valence-electron chi connectivity index (χ2n) is 15.9. The second-order valence-corrected chi connectivity index (χ2v) is 15.9. The van der Waals surface area contributed by atoms with E-state index < -0.39 is 66.8 Å². The number of amides is 2. The van der Waals surface area contributed by atoms with Gasteiger partial charge in [0.15, 0.2) is 12.2 Å². The number of ether oxygens (including phenoxy) is 4. The number of anilines is 1. The summed E-state index contributed by atoms with van der Waals surface area (Å²) in [6, 6.07) is 4.81. The van der Waals surface area contributed by atoms with Crippen LogP contribution in [0.2, 0.25) is 0 Å². The van der Waals surface area contributed by atoms with Gasteiger partial charge < -0.3 is 29.2 Å². The monoisotopic (exact) mass is 833 g/mol. The van der Waals surface area contributed by atoms with Crippen LogP contribution in [0.4, 0.5) is 41.8 Å². The first-order valence-corrected chi connectivity index (χ1v) is 19.6. The van der Waals surface area contributed by atoms with E-state index in [2.05, 4.69) is 25.0 Å². The number of aromatic nitrogens is 3. The molecular weight excluding hydrogens is 788 g/mol. The van der Waals surface area contributed by atoms with Crippen molar-refractivity contribution in [2.75, 3.05) is 57.4 Å². The Hall–Kier alpha value is -5.17. The number of carbonyl (C=O) groups excluding carboxylic acids is 2. The number of alkyl halides is 3. The van der Waals surface area contributed by atoms with Gasteiger partial charge in [-0.1, -0.05) is 10.5 Å². The van der Waals surface area contributed by atoms with Crippen LogP contribution >= 0.6 is 0 Å². The van der Waals surface area contributed by atoms with Gasteiger partial charge in [0.2, 0.25) is 0 Å². The lowest BCUT2D eigenvalue weighted by Gasteiger charge is -2.42. The Morgan fingerprint density at radius 1 is 1.15 bits per heavy atom. The lowest BCUT2D eigenvalue weighted by atomic mass is 9.90. The predicted octanol–water partition coefficient (Wildman–Crippen LogP) is 7.32. The van der Waals surface area contributed by atoms with E-state index in [-0.39, 0.29) is 121 Å². The predicted molar refractivity (Wildman–Crippen MR) is 204 cm³/mol. The third kappa shape index (κ3) is 8.22. The van der Waals surface area contributed by atoms with E-state index in [0.29, 0.717) is 13.0 Å². The van der Waals surface area contributed by atoms with Crippen molar-refractivity contribution >= 4 is 39.7 Å². The number of hydrogen-bond acceptors (Lipinski definition) is 11. The van der Waals surface area contributed by atoms with Crippen LogP contribution in [0, 0.1) is 11.6 Å². The molecule has 0 radical (unpaired) electrons. The maximum atomic E-state index is 17.4. The first kappa shape index (κ1) is 40.6. The lowest BCUT2D eigenvalue weighted by molar-refractivity contribution is -0.0522. The molecule has 0 aliphatic carbocycles. The normalized spacial score (nSPS) is 25.2. The summed E-state index contributed by atoms with van der Waals surface area (Å²) >= 11 is 0. The lowest BCUT2D eigenvalue weighted by Crippen LogP contribution is -2.60. The number of nitrogens with zero attached hydrogens (tertiary/aromatic N) is 6. The summed E-state index contributed by atoms with van der Waals surface area (Å²) < 4.78 is 113. The molecule has 13 nitrogen and oxygen atoms in total. The Morgan fingerprint density at radius 2 is 1.97 bits per heavy atom. The Labute approximate surface area is 336 Å². The number of alkyl carbamates (subject to hydrolysis) is 1. The summed E-state index contributed by atoms with van der Waals surface area (Å²) in [7, 11) is 0. The SMILES string of the molecule is CC(F)OCCN(F)C(=O)Oc1cc2c3c(c(F)ccc3c1)CCCOC(=O)N[C@]1(C)C[C@@H](F)CN(C1)c1nc(OC[C@@]34CCCN3C[C@H](F)C4)nc3c(F)c-2ncc13.[HH]. The van der Waals surface area contributed by atoms with Crippen molar-refractivity contribution in [3.8, 4) is 23.0 Å². The number of pyridine rings is 1. The summed E-state index contributed by atoms with van der Waals surface area (Å²) in [5, 5.41) is 2.94. The molecule has 318 valence electrons. The zero-order chi connectivity index (χ0) is 41.6. The number of piperidine rings is 1. The maximum absolute atomic E-state index is 17.4. The molecule has 6 bridgehead atoms. The van der Waals surface area contributed by atoms with Gasteiger partial charge in [-0.15, -0.1) is 5.12 Å². The highest BCUT2D eigenvalue weighted by atomic mass is 19.2. The highest BCUT2D eigenvalue weighted by Crippen LogP contribution is 2.43. The number of benzene rings is 2. The van der Waals surface area contributed by atoms with Gasteiger partial charge in [-0.05, 0) is 80.6 Å². The first-order valence-electron chi connectivity index (χ1n) is 19.6. The molecule has 4 aromatic rings. The van der Waals surface area contributed by atoms with Crippen LogP contribution in [0.3, 0.4) is 0 Å². The van der Waals surface area contributed by atoms with Crippen molar-refractivity contribution in [3.05, 3.63) is 47.7 Å². The van der Waals surface area contributed by atoms with Gasteiger partial charge in [0.05, 0.1) is 42.8 Å². The molecular formula is C40H45F6N7O6. The molecule has 7 heterocycles. The van der Waals surface area contributed by atoms with E-state index in [1.165, 1.54) is 24.4 Å². The third-order valence-electron chi connectivity index (χ3n) is 11.4. The summed E-state index contributed by atoms with van der Waals surface area (Å²) in [5.74, 6) is -1.89. The number of halogens is 6. The number of carbonyl (C=O) groups is 2. The van der Waals surface area contributed by atoms with Crippen LogP contribution in [-0.2, 0) is 15.9 Å². The Morgan fingerprint density at radius 3 is 2.78 bits per heavy atom. The van der Waals surface area contributed by atoms with Gasteiger partial charge in [-0.2, -0.15) is 9.97 Å². The van der Waals surface area contributed by atoms with Gasteiger partial charge in [0, 0.05) is 39.1 Å². The summed E-state index contributed by atoms with van der Waals surface area (Å²) in [6.07, 6.45) is -3.44. The molecule has 0 spiro atoms. The molecule has 5 aliphatic heterocycles. The zero-order valence-corrected chi connectivity index (χ0v) is 32.4. The molecule has 0 saturated carbocycles. The van der Waals surface area contributed by atoms with Crippen LogP contribution in [0.25, 0.3) is 32.9 Å². The molecule has 1 N–H and O–H groups in total. The van der Waals surface area contributed by atoms with Gasteiger partial charge in [-0.3, -0.25) is 9.88 Å². The highest BCUT2D eigenvalue weighted by Gasteiger charge is 2.49. The second kappa shape index (κ2) is 16.1. The fraction of sp³-hybridized carbons (Fsp3) is 0.525. The number of rotatable bonds is 8. The molecule has 9 rings (SSSR count). The van der Waals surface area contributed by atoms with Gasteiger partial charge >= 0.3 is 18.2 Å². The minimum absolute atomic E-state index is 0. The largest absolute Gasteiger partial charge is 0.461 e. The molecule has 3 saturated heterocycles. The fourth-order valence-electron chi connectivity index (χ4n) is 8.97. The van der Waals surface area contributed by atoms with Crippen molar-refractivity contribution in [2.45, 2.75) is 82.2 Å². The van der Waals surface area contributed by atoms with Crippen LogP contribution in [0.1, 0.15) is 52.9 Å². The number of fused-ring (bicyclic) bond motifs is 7. The van der Waals surface area contributed by atoms with Crippen molar-refractivity contribution in [2.24, 2.45) is 0 Å². The Bertz CT molecular complexity index is 2280. The Kier molecular flexibility index (Phi) is 11.1. The van der Waals surface area contributed by atoms with Crippen LogP contribution in [-0.4, -0.2) is 119 Å². The number of aryl methyl sites for hydroxylation is 1. The van der Waals surface area contributed by atoms with Crippen molar-refractivity contribution < 1.29 is 56.4 Å². The van der Waals surface area contributed by atoms with Crippen molar-refractivity contribution in [3.63, 3.8) is 0 Å². The topological polar surface area (TPSA) is 131 Å². The number of hydrogen-bond donors (Lipinski definition) is 1. The highest BCUT2D eigenvalue weighted by molar-refractivity contribution is 6.02. The smallest absolute Gasteiger partial charge is 0.443 e. The average molecular weight is 834 g/mol. The van der Waals surface area contributed by atoms with Crippen LogP contribution in [0.5, 0.6) is 11.8 Å².